The van der Waals surface area contributed by atoms with E-state index in [4.69, 9.17) is 0 Å². The van der Waals surface area contributed by atoms with Crippen LogP contribution in [0, 0.1) is 0 Å². The molecule has 10 rings (SSSR count). The highest BCUT2D eigenvalue weighted by atomic mass is 15.0. The molecule has 184 valence electrons. The van der Waals surface area contributed by atoms with Crippen LogP contribution in [0.2, 0.25) is 0 Å². The predicted molar refractivity (Wildman–Crippen MR) is 170 cm³/mol. The summed E-state index contributed by atoms with van der Waals surface area (Å²) < 4.78 is 4.99. The van der Waals surface area contributed by atoms with Gasteiger partial charge >= 0.3 is 0 Å². The second-order valence-corrected chi connectivity index (χ2v) is 11.0. The van der Waals surface area contributed by atoms with Crippen LogP contribution in [0.3, 0.4) is 0 Å². The SMILES string of the molecule is c1ccc(-c2ccc(-n3c4ccc5ccc6cccc7c6c5c4c4c3ccc3c5ccccc5n7c34)cc2)cc1. The van der Waals surface area contributed by atoms with E-state index in [1.165, 1.54) is 87.5 Å². The lowest BCUT2D eigenvalue weighted by Crippen LogP contribution is -1.94. The Labute approximate surface area is 229 Å². The van der Waals surface area contributed by atoms with E-state index < -0.39 is 0 Å². The van der Waals surface area contributed by atoms with Crippen molar-refractivity contribution < 1.29 is 0 Å². The highest BCUT2D eigenvalue weighted by molar-refractivity contribution is 6.37. The zero-order valence-electron chi connectivity index (χ0n) is 21.6. The number of para-hydroxylation sites is 1. The van der Waals surface area contributed by atoms with Crippen molar-refractivity contribution in [3.05, 3.63) is 133 Å². The van der Waals surface area contributed by atoms with Gasteiger partial charge in [-0.3, -0.25) is 0 Å². The van der Waals surface area contributed by atoms with E-state index in [0.717, 1.165) is 0 Å². The van der Waals surface area contributed by atoms with Crippen LogP contribution >= 0.6 is 0 Å². The number of rotatable bonds is 2. The van der Waals surface area contributed by atoms with Gasteiger partial charge in [0.2, 0.25) is 0 Å². The van der Waals surface area contributed by atoms with Crippen molar-refractivity contribution in [3.63, 3.8) is 0 Å². The van der Waals surface area contributed by atoms with Gasteiger partial charge < -0.3 is 8.97 Å². The molecule has 0 saturated carbocycles. The van der Waals surface area contributed by atoms with Crippen LogP contribution in [0.5, 0.6) is 0 Å². The predicted octanol–water partition coefficient (Wildman–Crippen LogP) is 10.2. The molecule has 0 unspecified atom stereocenters. The third-order valence-electron chi connectivity index (χ3n) is 9.00. The largest absolute Gasteiger partial charge is 0.309 e. The maximum atomic E-state index is 2.52. The molecule has 7 aromatic carbocycles. The summed E-state index contributed by atoms with van der Waals surface area (Å²) in [6, 6.07) is 49.1. The lowest BCUT2D eigenvalue weighted by molar-refractivity contribution is 1.18. The quantitative estimate of drug-likeness (QED) is 0.206. The first-order valence-electron chi connectivity index (χ1n) is 13.9. The molecule has 0 bridgehead atoms. The number of hydrogen-bond donors (Lipinski definition) is 0. The molecule has 40 heavy (non-hydrogen) atoms. The van der Waals surface area contributed by atoms with Crippen LogP contribution in [-0.2, 0) is 0 Å². The number of benzene rings is 7. The van der Waals surface area contributed by atoms with E-state index in [-0.39, 0.29) is 0 Å². The fourth-order valence-electron chi connectivity index (χ4n) is 7.36. The fraction of sp³-hybridized carbons (Fsp3) is 0. The highest BCUT2D eigenvalue weighted by Gasteiger charge is 2.24. The second kappa shape index (κ2) is 7.19. The van der Waals surface area contributed by atoms with E-state index >= 15 is 0 Å². The third kappa shape index (κ3) is 2.41. The minimum atomic E-state index is 1.18. The normalized spacial score (nSPS) is 12.5. The van der Waals surface area contributed by atoms with Gasteiger partial charge in [0.25, 0.3) is 0 Å². The number of fused-ring (bicyclic) bond motifs is 4. The Bertz CT molecular complexity index is 2560. The summed E-state index contributed by atoms with van der Waals surface area (Å²) in [6.07, 6.45) is 0. The zero-order valence-corrected chi connectivity index (χ0v) is 21.6. The molecule has 10 aromatic rings. The smallest absolute Gasteiger partial charge is 0.0641 e. The van der Waals surface area contributed by atoms with Crippen molar-refractivity contribution >= 4 is 70.7 Å². The van der Waals surface area contributed by atoms with Gasteiger partial charge in [-0.2, -0.15) is 0 Å². The molecule has 2 nitrogen and oxygen atoms in total. The lowest BCUT2D eigenvalue weighted by atomic mass is 9.97. The minimum absolute atomic E-state index is 1.18. The van der Waals surface area contributed by atoms with Crippen molar-refractivity contribution in [2.75, 3.05) is 0 Å². The maximum absolute atomic E-state index is 2.52. The molecule has 0 atom stereocenters. The Hall–Kier alpha value is -5.34. The van der Waals surface area contributed by atoms with Crippen LogP contribution in [0.1, 0.15) is 0 Å². The average Bonchev–Trinajstić information content (AvgIpc) is 3.49. The summed E-state index contributed by atoms with van der Waals surface area (Å²) in [4.78, 5) is 0. The van der Waals surface area contributed by atoms with Crippen molar-refractivity contribution in [1.29, 1.82) is 0 Å². The van der Waals surface area contributed by atoms with Gasteiger partial charge in [-0.15, -0.1) is 0 Å². The van der Waals surface area contributed by atoms with E-state index in [9.17, 15) is 0 Å². The van der Waals surface area contributed by atoms with Crippen LogP contribution in [0.15, 0.2) is 133 Å². The van der Waals surface area contributed by atoms with Crippen LogP contribution in [0.25, 0.3) is 87.5 Å². The van der Waals surface area contributed by atoms with Gasteiger partial charge in [0.05, 0.1) is 27.6 Å². The molecule has 2 heteroatoms. The zero-order chi connectivity index (χ0) is 25.9. The molecular weight excluding hydrogens is 484 g/mol. The molecule has 0 N–H and O–H groups in total. The monoisotopic (exact) mass is 506 g/mol. The highest BCUT2D eigenvalue weighted by Crippen LogP contribution is 2.47. The Kier molecular flexibility index (Phi) is 3.70. The van der Waals surface area contributed by atoms with E-state index in [2.05, 4.69) is 142 Å². The lowest BCUT2D eigenvalue weighted by Gasteiger charge is -2.12. The topological polar surface area (TPSA) is 9.34 Å². The maximum Gasteiger partial charge on any atom is 0.0641 e. The standard InChI is InChI=1S/C38H22N2/c1-2-7-23(8-3-1)24-15-18-27(19-16-24)39-32-21-17-26-14-13-25-9-6-12-31-34(25)35(26)36(32)37-33(39)22-20-29-28-10-4-5-11-30(28)40(31)38(29)37/h1-22H. The number of aromatic nitrogens is 2. The number of hydrogen-bond acceptors (Lipinski definition) is 0. The van der Waals surface area contributed by atoms with Crippen LogP contribution < -0.4 is 0 Å². The van der Waals surface area contributed by atoms with E-state index in [1.807, 2.05) is 0 Å². The summed E-state index contributed by atoms with van der Waals surface area (Å²) in [5, 5.41) is 10.6. The molecule has 3 heterocycles. The summed E-state index contributed by atoms with van der Waals surface area (Å²) >= 11 is 0. The molecule has 0 amide bonds. The van der Waals surface area contributed by atoms with Gasteiger partial charge in [-0.25, -0.2) is 0 Å². The second-order valence-electron chi connectivity index (χ2n) is 11.0. The first-order valence-corrected chi connectivity index (χ1v) is 13.9. The Morgan fingerprint density at radius 3 is 1.90 bits per heavy atom. The first kappa shape index (κ1) is 20.6. The van der Waals surface area contributed by atoms with Gasteiger partial charge in [0.1, 0.15) is 0 Å². The summed E-state index contributed by atoms with van der Waals surface area (Å²) in [5.41, 5.74) is 9.98. The van der Waals surface area contributed by atoms with Crippen molar-refractivity contribution in [3.8, 4) is 16.8 Å². The van der Waals surface area contributed by atoms with Crippen molar-refractivity contribution in [2.24, 2.45) is 0 Å². The molecule has 0 spiro atoms. The molecule has 0 radical (unpaired) electrons. The van der Waals surface area contributed by atoms with Gasteiger partial charge in [-0.1, -0.05) is 97.1 Å². The fourth-order valence-corrected chi connectivity index (χ4v) is 7.36. The van der Waals surface area contributed by atoms with Gasteiger partial charge in [-0.05, 0) is 58.3 Å². The summed E-state index contributed by atoms with van der Waals surface area (Å²) in [6.45, 7) is 0. The van der Waals surface area contributed by atoms with Crippen LogP contribution in [0.4, 0.5) is 0 Å². The van der Waals surface area contributed by atoms with Crippen LogP contribution in [-0.4, -0.2) is 8.97 Å². The minimum Gasteiger partial charge on any atom is -0.309 e. The summed E-state index contributed by atoms with van der Waals surface area (Å²) in [5.74, 6) is 0. The Morgan fingerprint density at radius 1 is 0.350 bits per heavy atom. The molecule has 0 aliphatic heterocycles. The molecule has 0 aliphatic rings. The number of nitrogens with zero attached hydrogens (tertiary/aromatic N) is 2. The van der Waals surface area contributed by atoms with E-state index in [1.54, 1.807) is 0 Å². The van der Waals surface area contributed by atoms with Gasteiger partial charge in [0, 0.05) is 38.0 Å². The molecule has 0 aliphatic carbocycles. The Balaban J connectivity index is 1.45. The molecular formula is C38H22N2. The molecule has 3 aromatic heterocycles. The molecule has 0 saturated heterocycles. The van der Waals surface area contributed by atoms with Gasteiger partial charge in [0.15, 0.2) is 0 Å². The first-order chi connectivity index (χ1) is 19.9. The third-order valence-corrected chi connectivity index (χ3v) is 9.00. The Morgan fingerprint density at radius 2 is 1.02 bits per heavy atom. The molecule has 0 fully saturated rings. The average molecular weight is 507 g/mol. The van der Waals surface area contributed by atoms with Crippen molar-refractivity contribution in [2.45, 2.75) is 0 Å². The summed E-state index contributed by atoms with van der Waals surface area (Å²) in [7, 11) is 0. The van der Waals surface area contributed by atoms with E-state index in [0.29, 0.717) is 0 Å². The van der Waals surface area contributed by atoms with Crippen molar-refractivity contribution in [1.82, 2.24) is 8.97 Å².